The fourth-order valence-electron chi connectivity index (χ4n) is 2.95. The molecule has 0 atom stereocenters. The van der Waals surface area contributed by atoms with Crippen LogP contribution in [-0.4, -0.2) is 37.8 Å². The Balaban J connectivity index is 1.69. The van der Waals surface area contributed by atoms with Crippen molar-refractivity contribution in [2.24, 2.45) is 0 Å². The zero-order valence-corrected chi connectivity index (χ0v) is 14.7. The summed E-state index contributed by atoms with van der Waals surface area (Å²) in [5.41, 5.74) is 3.41. The maximum atomic E-state index is 12.3. The number of hydrogen-bond donors (Lipinski definition) is 2. The molecule has 0 unspecified atom stereocenters. The summed E-state index contributed by atoms with van der Waals surface area (Å²) in [5, 5.41) is 5.58. The number of hydrogen-bond acceptors (Lipinski definition) is 4. The van der Waals surface area contributed by atoms with Crippen LogP contribution in [0.15, 0.2) is 42.5 Å². The molecule has 3 rings (SSSR count). The number of urea groups is 1. The number of rotatable bonds is 3. The molecule has 3 amide bonds. The molecule has 2 aromatic rings. The van der Waals surface area contributed by atoms with Crippen LogP contribution >= 0.6 is 0 Å². The van der Waals surface area contributed by atoms with Gasteiger partial charge in [-0.1, -0.05) is 18.2 Å². The topological polar surface area (TPSA) is 79.9 Å². The van der Waals surface area contributed by atoms with E-state index in [0.717, 1.165) is 12.0 Å². The second kappa shape index (κ2) is 7.77. The number of para-hydroxylation sites is 2. The van der Waals surface area contributed by atoms with Gasteiger partial charge in [0.05, 0.1) is 19.9 Å². The van der Waals surface area contributed by atoms with E-state index in [0.29, 0.717) is 30.2 Å². The van der Waals surface area contributed by atoms with Crippen molar-refractivity contribution in [2.45, 2.75) is 13.0 Å². The third-order valence-electron chi connectivity index (χ3n) is 4.26. The summed E-state index contributed by atoms with van der Waals surface area (Å²) in [6.45, 7) is 1.09. The SMILES string of the molecule is COC(=O)N1CCc2ccc(NC(=O)Nc3ccccc3OC)cc2C1. The second-order valence-corrected chi connectivity index (χ2v) is 5.90. The zero-order valence-electron chi connectivity index (χ0n) is 14.7. The number of nitrogens with one attached hydrogen (secondary N) is 2. The van der Waals surface area contributed by atoms with Gasteiger partial charge in [-0.05, 0) is 41.8 Å². The van der Waals surface area contributed by atoms with Crippen molar-refractivity contribution in [1.82, 2.24) is 4.90 Å². The Hall–Kier alpha value is -3.22. The molecule has 7 heteroatoms. The number of fused-ring (bicyclic) bond motifs is 1. The van der Waals surface area contributed by atoms with Gasteiger partial charge >= 0.3 is 12.1 Å². The van der Waals surface area contributed by atoms with Gasteiger partial charge in [-0.2, -0.15) is 0 Å². The van der Waals surface area contributed by atoms with E-state index in [4.69, 9.17) is 9.47 Å². The third kappa shape index (κ3) is 3.88. The normalized spacial score (nSPS) is 12.8. The van der Waals surface area contributed by atoms with Crippen LogP contribution in [0.3, 0.4) is 0 Å². The monoisotopic (exact) mass is 355 g/mol. The van der Waals surface area contributed by atoms with Crippen molar-refractivity contribution in [3.63, 3.8) is 0 Å². The van der Waals surface area contributed by atoms with Crippen LogP contribution < -0.4 is 15.4 Å². The van der Waals surface area contributed by atoms with E-state index >= 15 is 0 Å². The molecule has 0 saturated carbocycles. The van der Waals surface area contributed by atoms with E-state index in [9.17, 15) is 9.59 Å². The van der Waals surface area contributed by atoms with Crippen molar-refractivity contribution < 1.29 is 19.1 Å². The van der Waals surface area contributed by atoms with Crippen LogP contribution in [0.25, 0.3) is 0 Å². The fourth-order valence-corrected chi connectivity index (χ4v) is 2.95. The molecule has 0 bridgehead atoms. The van der Waals surface area contributed by atoms with Gasteiger partial charge in [-0.3, -0.25) is 0 Å². The average molecular weight is 355 g/mol. The first-order valence-electron chi connectivity index (χ1n) is 8.26. The highest BCUT2D eigenvalue weighted by atomic mass is 16.5. The summed E-state index contributed by atoms with van der Waals surface area (Å²) in [6.07, 6.45) is 0.418. The van der Waals surface area contributed by atoms with Crippen molar-refractivity contribution in [3.05, 3.63) is 53.6 Å². The van der Waals surface area contributed by atoms with E-state index < -0.39 is 0 Å². The molecular weight excluding hydrogens is 334 g/mol. The standard InChI is InChI=1S/C19H21N3O4/c1-25-17-6-4-3-5-16(17)21-18(23)20-15-8-7-13-9-10-22(19(24)26-2)12-14(13)11-15/h3-8,11H,9-10,12H2,1-2H3,(H2,20,21,23). The highest BCUT2D eigenvalue weighted by molar-refractivity contribution is 6.00. The second-order valence-electron chi connectivity index (χ2n) is 5.90. The maximum absolute atomic E-state index is 12.3. The lowest BCUT2D eigenvalue weighted by atomic mass is 9.99. The van der Waals surface area contributed by atoms with Crippen molar-refractivity contribution in [1.29, 1.82) is 0 Å². The van der Waals surface area contributed by atoms with E-state index in [2.05, 4.69) is 10.6 Å². The van der Waals surface area contributed by atoms with Crippen molar-refractivity contribution in [3.8, 4) is 5.75 Å². The van der Waals surface area contributed by atoms with E-state index in [-0.39, 0.29) is 12.1 Å². The summed E-state index contributed by atoms with van der Waals surface area (Å²) in [7, 11) is 2.92. The van der Waals surface area contributed by atoms with Crippen LogP contribution in [0.5, 0.6) is 5.75 Å². The van der Waals surface area contributed by atoms with Gasteiger partial charge in [0.15, 0.2) is 0 Å². The summed E-state index contributed by atoms with van der Waals surface area (Å²) in [5.74, 6) is 0.585. The van der Waals surface area contributed by atoms with E-state index in [1.807, 2.05) is 30.3 Å². The van der Waals surface area contributed by atoms with Crippen LogP contribution in [-0.2, 0) is 17.7 Å². The molecule has 2 N–H and O–H groups in total. The average Bonchev–Trinajstić information content (AvgIpc) is 2.67. The minimum atomic E-state index is -0.366. The molecule has 0 spiro atoms. The predicted octanol–water partition coefficient (Wildman–Crippen LogP) is 3.46. The Kier molecular flexibility index (Phi) is 5.26. The number of amides is 3. The van der Waals surface area contributed by atoms with Crippen LogP contribution in [0.2, 0.25) is 0 Å². The number of carbonyl (C=O) groups is 2. The number of carbonyl (C=O) groups excluding carboxylic acids is 2. The summed E-state index contributed by atoms with van der Waals surface area (Å²) in [4.78, 5) is 25.6. The summed E-state index contributed by atoms with van der Waals surface area (Å²) < 4.78 is 10.0. The molecule has 2 aromatic carbocycles. The van der Waals surface area contributed by atoms with Gasteiger partial charge < -0.3 is 25.0 Å². The number of anilines is 2. The first-order valence-corrected chi connectivity index (χ1v) is 8.26. The van der Waals surface area contributed by atoms with Crippen LogP contribution in [0.1, 0.15) is 11.1 Å². The molecule has 0 saturated heterocycles. The molecule has 0 radical (unpaired) electrons. The largest absolute Gasteiger partial charge is 0.495 e. The minimum Gasteiger partial charge on any atom is -0.495 e. The number of nitrogens with zero attached hydrogens (tertiary/aromatic N) is 1. The smallest absolute Gasteiger partial charge is 0.409 e. The molecule has 136 valence electrons. The predicted molar refractivity (Wildman–Crippen MR) is 98.6 cm³/mol. The molecule has 0 aromatic heterocycles. The minimum absolute atomic E-state index is 0.345. The molecule has 1 aliphatic heterocycles. The van der Waals surface area contributed by atoms with E-state index in [1.54, 1.807) is 24.1 Å². The molecule has 1 heterocycles. The zero-order chi connectivity index (χ0) is 18.5. The van der Waals surface area contributed by atoms with Crippen molar-refractivity contribution >= 4 is 23.5 Å². The van der Waals surface area contributed by atoms with Gasteiger partial charge in [-0.25, -0.2) is 9.59 Å². The van der Waals surface area contributed by atoms with Gasteiger partial charge in [0.1, 0.15) is 5.75 Å². The number of ether oxygens (including phenoxy) is 2. The Morgan fingerprint density at radius 2 is 1.85 bits per heavy atom. The maximum Gasteiger partial charge on any atom is 0.409 e. The lowest BCUT2D eigenvalue weighted by molar-refractivity contribution is 0.118. The van der Waals surface area contributed by atoms with Gasteiger partial charge in [0, 0.05) is 18.8 Å². The van der Waals surface area contributed by atoms with Gasteiger partial charge in [0.25, 0.3) is 0 Å². The van der Waals surface area contributed by atoms with E-state index in [1.165, 1.54) is 12.7 Å². The Morgan fingerprint density at radius 1 is 1.04 bits per heavy atom. The molecular formula is C19H21N3O4. The lowest BCUT2D eigenvalue weighted by Gasteiger charge is -2.28. The van der Waals surface area contributed by atoms with Gasteiger partial charge in [0.2, 0.25) is 0 Å². The molecule has 1 aliphatic rings. The first-order chi connectivity index (χ1) is 12.6. The van der Waals surface area contributed by atoms with Crippen molar-refractivity contribution in [2.75, 3.05) is 31.4 Å². The highest BCUT2D eigenvalue weighted by Gasteiger charge is 2.21. The number of methoxy groups -OCH3 is 2. The third-order valence-corrected chi connectivity index (χ3v) is 4.26. The Morgan fingerprint density at radius 3 is 2.62 bits per heavy atom. The quantitative estimate of drug-likeness (QED) is 0.884. The Labute approximate surface area is 151 Å². The summed E-state index contributed by atoms with van der Waals surface area (Å²) >= 11 is 0. The van der Waals surface area contributed by atoms with Gasteiger partial charge in [-0.15, -0.1) is 0 Å². The molecule has 0 fully saturated rings. The molecule has 0 aliphatic carbocycles. The highest BCUT2D eigenvalue weighted by Crippen LogP contribution is 2.25. The van der Waals surface area contributed by atoms with Crippen LogP contribution in [0.4, 0.5) is 21.0 Å². The molecule has 7 nitrogen and oxygen atoms in total. The summed E-state index contributed by atoms with van der Waals surface area (Å²) in [6, 6.07) is 12.5. The fraction of sp³-hybridized carbons (Fsp3) is 0.263. The molecule has 26 heavy (non-hydrogen) atoms. The lowest BCUT2D eigenvalue weighted by Crippen LogP contribution is -2.35. The van der Waals surface area contributed by atoms with Crippen LogP contribution in [0, 0.1) is 0 Å². The number of benzene rings is 2. The Bertz CT molecular complexity index is 822. The first kappa shape index (κ1) is 17.6.